The molecule has 4 heteroatoms. The Balaban J connectivity index is 2.32. The van der Waals surface area contributed by atoms with Crippen LogP contribution >= 0.6 is 0 Å². The van der Waals surface area contributed by atoms with Crippen molar-refractivity contribution in [3.05, 3.63) is 42.0 Å². The molecule has 0 unspecified atom stereocenters. The molecule has 0 saturated heterocycles. The molecule has 0 saturated carbocycles. The second-order valence-corrected chi connectivity index (χ2v) is 4.92. The van der Waals surface area contributed by atoms with Crippen molar-refractivity contribution in [2.45, 2.75) is 39.8 Å². The molecule has 0 fully saturated rings. The molecule has 1 heterocycles. The van der Waals surface area contributed by atoms with Crippen molar-refractivity contribution in [1.29, 1.82) is 0 Å². The molecular weight excluding hydrogens is 253 g/mol. The summed E-state index contributed by atoms with van der Waals surface area (Å²) < 4.78 is 15.7. The summed E-state index contributed by atoms with van der Waals surface area (Å²) in [5.74, 6) is 0.630. The third-order valence-corrected chi connectivity index (χ3v) is 3.24. The standard InChI is InChI=1S/C16H22FN3/c1-3-7-18-12-13-5-6-14(17)11-15(13)16-19-8-10-20(16)9-4-2/h5-6,8,10-11,18H,3-4,7,9,12H2,1-2H3. The Morgan fingerprint density at radius 2 is 2.10 bits per heavy atom. The number of rotatable bonds is 7. The molecule has 3 nitrogen and oxygen atoms in total. The lowest BCUT2D eigenvalue weighted by Crippen LogP contribution is -2.15. The highest BCUT2D eigenvalue weighted by Gasteiger charge is 2.11. The van der Waals surface area contributed by atoms with E-state index in [0.29, 0.717) is 0 Å². The summed E-state index contributed by atoms with van der Waals surface area (Å²) in [6, 6.07) is 4.94. The maximum atomic E-state index is 13.6. The Bertz CT molecular complexity index is 548. The molecule has 0 aliphatic rings. The predicted octanol–water partition coefficient (Wildman–Crippen LogP) is 3.60. The average molecular weight is 275 g/mol. The first-order valence-corrected chi connectivity index (χ1v) is 7.27. The zero-order valence-corrected chi connectivity index (χ0v) is 12.2. The van der Waals surface area contributed by atoms with Gasteiger partial charge in [0.05, 0.1) is 0 Å². The van der Waals surface area contributed by atoms with Crippen molar-refractivity contribution in [3.8, 4) is 11.4 Å². The molecule has 2 aromatic rings. The quantitative estimate of drug-likeness (QED) is 0.782. The topological polar surface area (TPSA) is 29.9 Å². The fourth-order valence-electron chi connectivity index (χ4n) is 2.29. The normalized spacial score (nSPS) is 10.9. The molecule has 0 bridgehead atoms. The molecule has 0 spiro atoms. The van der Waals surface area contributed by atoms with E-state index in [1.165, 1.54) is 6.07 Å². The SMILES string of the molecule is CCCNCc1ccc(F)cc1-c1nccn1CCC. The van der Waals surface area contributed by atoms with Crippen LogP contribution in [0.25, 0.3) is 11.4 Å². The van der Waals surface area contributed by atoms with E-state index in [1.807, 2.05) is 12.3 Å². The van der Waals surface area contributed by atoms with Crippen molar-refractivity contribution in [2.75, 3.05) is 6.54 Å². The number of nitrogens with one attached hydrogen (secondary N) is 1. The summed E-state index contributed by atoms with van der Waals surface area (Å²) in [5.41, 5.74) is 1.97. The maximum Gasteiger partial charge on any atom is 0.140 e. The molecule has 0 aliphatic carbocycles. The highest BCUT2D eigenvalue weighted by Crippen LogP contribution is 2.24. The minimum Gasteiger partial charge on any atom is -0.331 e. The highest BCUT2D eigenvalue weighted by atomic mass is 19.1. The molecule has 2 rings (SSSR count). The van der Waals surface area contributed by atoms with Gasteiger partial charge in [-0.3, -0.25) is 0 Å². The van der Waals surface area contributed by atoms with Gasteiger partial charge in [0.1, 0.15) is 11.6 Å². The number of benzene rings is 1. The first kappa shape index (κ1) is 14.7. The first-order chi connectivity index (χ1) is 9.76. The second-order valence-electron chi connectivity index (χ2n) is 4.92. The highest BCUT2D eigenvalue weighted by molar-refractivity contribution is 5.61. The minimum absolute atomic E-state index is 0.217. The van der Waals surface area contributed by atoms with Gasteiger partial charge >= 0.3 is 0 Å². The van der Waals surface area contributed by atoms with Gasteiger partial charge in [-0.25, -0.2) is 9.37 Å². The number of halogens is 1. The van der Waals surface area contributed by atoms with Gasteiger partial charge < -0.3 is 9.88 Å². The minimum atomic E-state index is -0.217. The summed E-state index contributed by atoms with van der Waals surface area (Å²) in [6.45, 7) is 6.85. The average Bonchev–Trinajstić information content (AvgIpc) is 2.89. The van der Waals surface area contributed by atoms with Crippen molar-refractivity contribution in [2.24, 2.45) is 0 Å². The Hall–Kier alpha value is -1.68. The third kappa shape index (κ3) is 3.45. The van der Waals surface area contributed by atoms with Crippen LogP contribution in [-0.2, 0) is 13.1 Å². The molecule has 0 aliphatic heterocycles. The van der Waals surface area contributed by atoms with Crippen LogP contribution in [0, 0.1) is 5.82 Å². The van der Waals surface area contributed by atoms with Crippen LogP contribution in [0.3, 0.4) is 0 Å². The Morgan fingerprint density at radius 1 is 1.25 bits per heavy atom. The van der Waals surface area contributed by atoms with Crippen molar-refractivity contribution in [3.63, 3.8) is 0 Å². The zero-order chi connectivity index (χ0) is 14.4. The largest absolute Gasteiger partial charge is 0.331 e. The van der Waals surface area contributed by atoms with E-state index in [-0.39, 0.29) is 5.82 Å². The van der Waals surface area contributed by atoms with Crippen molar-refractivity contribution >= 4 is 0 Å². The van der Waals surface area contributed by atoms with E-state index in [1.54, 1.807) is 12.3 Å². The number of imidazole rings is 1. The van der Waals surface area contributed by atoms with E-state index in [2.05, 4.69) is 28.7 Å². The van der Waals surface area contributed by atoms with Gasteiger partial charge in [-0.1, -0.05) is 19.9 Å². The number of aryl methyl sites for hydroxylation is 1. The van der Waals surface area contributed by atoms with Crippen molar-refractivity contribution in [1.82, 2.24) is 14.9 Å². The molecule has 1 aromatic carbocycles. The van der Waals surface area contributed by atoms with E-state index in [4.69, 9.17) is 0 Å². The lowest BCUT2D eigenvalue weighted by Gasteiger charge is -2.12. The zero-order valence-electron chi connectivity index (χ0n) is 12.2. The molecule has 0 radical (unpaired) electrons. The number of hydrogen-bond acceptors (Lipinski definition) is 2. The lowest BCUT2D eigenvalue weighted by atomic mass is 10.1. The van der Waals surface area contributed by atoms with E-state index in [0.717, 1.165) is 49.4 Å². The van der Waals surface area contributed by atoms with E-state index in [9.17, 15) is 4.39 Å². The Labute approximate surface area is 119 Å². The van der Waals surface area contributed by atoms with E-state index < -0.39 is 0 Å². The molecule has 20 heavy (non-hydrogen) atoms. The Kier molecular flexibility index (Phi) is 5.30. The number of aromatic nitrogens is 2. The Morgan fingerprint density at radius 3 is 2.85 bits per heavy atom. The van der Waals surface area contributed by atoms with Gasteiger partial charge in [-0.05, 0) is 37.1 Å². The third-order valence-electron chi connectivity index (χ3n) is 3.24. The molecular formula is C16H22FN3. The smallest absolute Gasteiger partial charge is 0.140 e. The van der Waals surface area contributed by atoms with Gasteiger partial charge in [-0.15, -0.1) is 0 Å². The molecule has 0 atom stereocenters. The van der Waals surface area contributed by atoms with Gasteiger partial charge in [0, 0.05) is 31.0 Å². The van der Waals surface area contributed by atoms with Crippen LogP contribution in [0.1, 0.15) is 32.3 Å². The van der Waals surface area contributed by atoms with Gasteiger partial charge in [-0.2, -0.15) is 0 Å². The summed E-state index contributed by atoms with van der Waals surface area (Å²) in [5, 5.41) is 3.37. The second kappa shape index (κ2) is 7.20. The molecule has 0 amide bonds. The molecule has 1 aromatic heterocycles. The van der Waals surface area contributed by atoms with Gasteiger partial charge in [0.25, 0.3) is 0 Å². The summed E-state index contributed by atoms with van der Waals surface area (Å²) in [7, 11) is 0. The number of hydrogen-bond donors (Lipinski definition) is 1. The summed E-state index contributed by atoms with van der Waals surface area (Å²) >= 11 is 0. The lowest BCUT2D eigenvalue weighted by molar-refractivity contribution is 0.623. The van der Waals surface area contributed by atoms with Gasteiger partial charge in [0.2, 0.25) is 0 Å². The molecule has 108 valence electrons. The van der Waals surface area contributed by atoms with Crippen molar-refractivity contribution < 1.29 is 4.39 Å². The van der Waals surface area contributed by atoms with Crippen LogP contribution in [-0.4, -0.2) is 16.1 Å². The van der Waals surface area contributed by atoms with E-state index >= 15 is 0 Å². The number of nitrogens with zero attached hydrogens (tertiary/aromatic N) is 2. The van der Waals surface area contributed by atoms with Crippen LogP contribution in [0.5, 0.6) is 0 Å². The van der Waals surface area contributed by atoms with Crippen LogP contribution in [0.2, 0.25) is 0 Å². The summed E-state index contributed by atoms with van der Waals surface area (Å²) in [6.07, 6.45) is 5.84. The van der Waals surface area contributed by atoms with Crippen LogP contribution in [0.4, 0.5) is 4.39 Å². The van der Waals surface area contributed by atoms with Gasteiger partial charge in [0.15, 0.2) is 0 Å². The van der Waals surface area contributed by atoms with Crippen LogP contribution < -0.4 is 5.32 Å². The maximum absolute atomic E-state index is 13.6. The fourth-order valence-corrected chi connectivity index (χ4v) is 2.29. The van der Waals surface area contributed by atoms with Crippen LogP contribution in [0.15, 0.2) is 30.6 Å². The monoisotopic (exact) mass is 275 g/mol. The predicted molar refractivity (Wildman–Crippen MR) is 79.9 cm³/mol. The first-order valence-electron chi connectivity index (χ1n) is 7.27. The summed E-state index contributed by atoms with van der Waals surface area (Å²) in [4.78, 5) is 4.40. The fraction of sp³-hybridized carbons (Fsp3) is 0.438. The molecule has 1 N–H and O–H groups in total.